The van der Waals surface area contributed by atoms with Gasteiger partial charge in [-0.15, -0.1) is 11.3 Å². The summed E-state index contributed by atoms with van der Waals surface area (Å²) in [5.41, 5.74) is 2.20. The number of thiazole rings is 1. The summed E-state index contributed by atoms with van der Waals surface area (Å²) in [6.07, 6.45) is 0. The molecule has 0 aliphatic heterocycles. The molecule has 0 amide bonds. The third-order valence-electron chi connectivity index (χ3n) is 1.64. The second kappa shape index (κ2) is 3.34. The van der Waals surface area contributed by atoms with Gasteiger partial charge in [-0.1, -0.05) is 11.6 Å². The zero-order valence-corrected chi connectivity index (χ0v) is 9.71. The Morgan fingerprint density at radius 3 is 2.71 bits per heavy atom. The molecule has 0 radical (unpaired) electrons. The number of rotatable bonds is 1. The van der Waals surface area contributed by atoms with Crippen molar-refractivity contribution in [2.24, 2.45) is 0 Å². The Balaban J connectivity index is 2.83. The molecule has 0 saturated heterocycles. The maximum Gasteiger partial charge on any atom is 0.261 e. The summed E-state index contributed by atoms with van der Waals surface area (Å²) in [5, 5.41) is 0.294. The molecule has 2 aromatic rings. The van der Waals surface area contributed by atoms with Gasteiger partial charge in [0.15, 0.2) is 0 Å². The molecular weight excluding hydrogens is 265 g/mol. The van der Waals surface area contributed by atoms with Crippen LogP contribution in [0.25, 0.3) is 10.2 Å². The number of halogens is 2. The van der Waals surface area contributed by atoms with Crippen LogP contribution in [0.4, 0.5) is 0 Å². The van der Waals surface area contributed by atoms with Gasteiger partial charge in [0.05, 0.1) is 25.6 Å². The molecule has 0 atom stereocenters. The topological polar surface area (TPSA) is 47.0 Å². The van der Waals surface area contributed by atoms with E-state index >= 15 is 0 Å². The van der Waals surface area contributed by atoms with Crippen LogP contribution in [-0.4, -0.2) is 13.4 Å². The average Bonchev–Trinajstić information content (AvgIpc) is 2.50. The van der Waals surface area contributed by atoms with Crippen LogP contribution in [0.3, 0.4) is 0 Å². The van der Waals surface area contributed by atoms with Crippen LogP contribution >= 0.6 is 33.6 Å². The Hall–Kier alpha value is -0.360. The Labute approximate surface area is 93.7 Å². The van der Waals surface area contributed by atoms with Crippen molar-refractivity contribution in [2.75, 3.05) is 0 Å². The minimum atomic E-state index is -3.73. The lowest BCUT2D eigenvalue weighted by Gasteiger charge is -1.97. The summed E-state index contributed by atoms with van der Waals surface area (Å²) in [6, 6.07) is 2.76. The van der Waals surface area contributed by atoms with E-state index in [1.54, 1.807) is 5.51 Å². The second-order valence-corrected chi connectivity index (χ2v) is 6.40. The largest absolute Gasteiger partial charge is 0.261 e. The van der Waals surface area contributed by atoms with Crippen molar-refractivity contribution in [3.63, 3.8) is 0 Å². The highest BCUT2D eigenvalue weighted by Crippen LogP contribution is 2.30. The molecule has 3 nitrogen and oxygen atoms in total. The third-order valence-corrected chi connectivity index (χ3v) is 4.04. The van der Waals surface area contributed by atoms with Gasteiger partial charge in [0.25, 0.3) is 9.05 Å². The van der Waals surface area contributed by atoms with Crippen LogP contribution in [0.2, 0.25) is 5.02 Å². The van der Waals surface area contributed by atoms with Crippen LogP contribution in [0, 0.1) is 0 Å². The fraction of sp³-hybridized carbons (Fsp3) is 0. The monoisotopic (exact) mass is 267 g/mol. The van der Waals surface area contributed by atoms with E-state index in [9.17, 15) is 8.42 Å². The third kappa shape index (κ3) is 1.72. The van der Waals surface area contributed by atoms with E-state index in [4.69, 9.17) is 22.3 Å². The van der Waals surface area contributed by atoms with Gasteiger partial charge >= 0.3 is 0 Å². The van der Waals surface area contributed by atoms with Gasteiger partial charge < -0.3 is 0 Å². The molecule has 1 aromatic carbocycles. The van der Waals surface area contributed by atoms with Crippen molar-refractivity contribution in [1.82, 2.24) is 4.98 Å². The van der Waals surface area contributed by atoms with Crippen molar-refractivity contribution in [3.05, 3.63) is 22.7 Å². The van der Waals surface area contributed by atoms with Crippen molar-refractivity contribution < 1.29 is 8.42 Å². The predicted octanol–water partition coefficient (Wildman–Crippen LogP) is 2.88. The van der Waals surface area contributed by atoms with Crippen LogP contribution in [0.1, 0.15) is 0 Å². The molecule has 0 aliphatic rings. The van der Waals surface area contributed by atoms with E-state index in [0.29, 0.717) is 15.2 Å². The highest BCUT2D eigenvalue weighted by atomic mass is 35.7. The Morgan fingerprint density at radius 1 is 1.36 bits per heavy atom. The van der Waals surface area contributed by atoms with E-state index in [0.717, 1.165) is 0 Å². The summed E-state index contributed by atoms with van der Waals surface area (Å²) >= 11 is 7.14. The smallest absolute Gasteiger partial charge is 0.243 e. The minimum absolute atomic E-state index is 0.000849. The molecule has 0 N–H and O–H groups in total. The van der Waals surface area contributed by atoms with Gasteiger partial charge in [-0.25, -0.2) is 13.4 Å². The number of benzene rings is 1. The van der Waals surface area contributed by atoms with Gasteiger partial charge in [-0.3, -0.25) is 0 Å². The second-order valence-electron chi connectivity index (χ2n) is 2.54. The van der Waals surface area contributed by atoms with Gasteiger partial charge in [0.1, 0.15) is 0 Å². The summed E-state index contributed by atoms with van der Waals surface area (Å²) in [5.74, 6) is 0. The first-order valence-corrected chi connectivity index (χ1v) is 7.02. The van der Waals surface area contributed by atoms with Gasteiger partial charge in [0, 0.05) is 10.7 Å². The maximum atomic E-state index is 11.0. The molecule has 2 rings (SSSR count). The van der Waals surface area contributed by atoms with Crippen LogP contribution < -0.4 is 0 Å². The normalized spacial score (nSPS) is 12.1. The molecule has 0 saturated carbocycles. The quantitative estimate of drug-likeness (QED) is 0.747. The first-order chi connectivity index (χ1) is 6.48. The highest BCUT2D eigenvalue weighted by Gasteiger charge is 2.14. The molecule has 14 heavy (non-hydrogen) atoms. The SMILES string of the molecule is O=S(=O)(Cl)c1cc(Cl)c2ncsc2c1. The molecule has 74 valence electrons. The lowest BCUT2D eigenvalue weighted by Crippen LogP contribution is -1.89. The van der Waals surface area contributed by atoms with Crippen molar-refractivity contribution in [3.8, 4) is 0 Å². The summed E-state index contributed by atoms with van der Waals surface area (Å²) < 4.78 is 22.8. The van der Waals surface area contributed by atoms with E-state index in [2.05, 4.69) is 4.98 Å². The van der Waals surface area contributed by atoms with Gasteiger partial charge in [-0.05, 0) is 12.1 Å². The van der Waals surface area contributed by atoms with E-state index in [1.807, 2.05) is 0 Å². The molecule has 0 spiro atoms. The van der Waals surface area contributed by atoms with E-state index in [-0.39, 0.29) is 4.90 Å². The van der Waals surface area contributed by atoms with Gasteiger partial charge in [0.2, 0.25) is 0 Å². The first kappa shape index (κ1) is 10.2. The fourth-order valence-corrected chi connectivity index (χ4v) is 3.03. The Kier molecular flexibility index (Phi) is 2.43. The molecule has 1 heterocycles. The lowest BCUT2D eigenvalue weighted by molar-refractivity contribution is 0.609. The van der Waals surface area contributed by atoms with Crippen LogP contribution in [-0.2, 0) is 9.05 Å². The predicted molar refractivity (Wildman–Crippen MR) is 57.7 cm³/mol. The highest BCUT2D eigenvalue weighted by molar-refractivity contribution is 8.13. The van der Waals surface area contributed by atoms with Gasteiger partial charge in [-0.2, -0.15) is 0 Å². The maximum absolute atomic E-state index is 11.0. The summed E-state index contributed by atoms with van der Waals surface area (Å²) in [6.45, 7) is 0. The zero-order chi connectivity index (χ0) is 10.3. The lowest BCUT2D eigenvalue weighted by atomic mass is 10.3. The van der Waals surface area contributed by atoms with E-state index in [1.165, 1.54) is 23.5 Å². The number of fused-ring (bicyclic) bond motifs is 1. The molecule has 1 aromatic heterocycles. The number of nitrogens with zero attached hydrogens (tertiary/aromatic N) is 1. The van der Waals surface area contributed by atoms with Crippen molar-refractivity contribution in [1.29, 1.82) is 0 Å². The molecule has 0 bridgehead atoms. The molecule has 0 fully saturated rings. The molecular formula is C7H3Cl2NO2S2. The molecule has 0 unspecified atom stereocenters. The van der Waals surface area contributed by atoms with Crippen LogP contribution in [0.5, 0.6) is 0 Å². The zero-order valence-electron chi connectivity index (χ0n) is 6.57. The number of hydrogen-bond acceptors (Lipinski definition) is 4. The molecule has 0 aliphatic carbocycles. The Bertz CT molecular complexity index is 591. The standard InChI is InChI=1S/C7H3Cl2NO2S2/c8-5-1-4(14(9,11)12)2-6-7(5)10-3-13-6/h1-3H. The molecule has 7 heteroatoms. The fourth-order valence-electron chi connectivity index (χ4n) is 1.04. The number of hydrogen-bond donors (Lipinski definition) is 0. The van der Waals surface area contributed by atoms with Crippen molar-refractivity contribution in [2.45, 2.75) is 4.90 Å². The number of aromatic nitrogens is 1. The Morgan fingerprint density at radius 2 is 2.07 bits per heavy atom. The van der Waals surface area contributed by atoms with E-state index < -0.39 is 9.05 Å². The minimum Gasteiger partial charge on any atom is -0.243 e. The van der Waals surface area contributed by atoms with Crippen LogP contribution in [0.15, 0.2) is 22.5 Å². The first-order valence-electron chi connectivity index (χ1n) is 3.46. The average molecular weight is 268 g/mol. The summed E-state index contributed by atoms with van der Waals surface area (Å²) in [7, 11) is 1.47. The van der Waals surface area contributed by atoms with Crippen molar-refractivity contribution >= 4 is 52.9 Å². The summed E-state index contributed by atoms with van der Waals surface area (Å²) in [4.78, 5) is 3.99.